The van der Waals surface area contributed by atoms with Crippen LogP contribution in [0.1, 0.15) is 30.1 Å². The molecule has 1 saturated heterocycles. The Kier molecular flexibility index (Phi) is 3.98. The average molecular weight is 300 g/mol. The summed E-state index contributed by atoms with van der Waals surface area (Å²) in [5.74, 6) is 0.194. The summed E-state index contributed by atoms with van der Waals surface area (Å²) in [6.45, 7) is 3.27. The molecule has 1 aliphatic heterocycles. The Morgan fingerprint density at radius 1 is 1.32 bits per heavy atom. The van der Waals surface area contributed by atoms with Gasteiger partial charge in [0.2, 0.25) is 0 Å². The average Bonchev–Trinajstić information content (AvgIpc) is 2.53. The van der Waals surface area contributed by atoms with Crippen molar-refractivity contribution in [2.45, 2.75) is 25.8 Å². The van der Waals surface area contributed by atoms with Crippen LogP contribution in [0.15, 0.2) is 39.5 Å². The third kappa shape index (κ3) is 2.76. The summed E-state index contributed by atoms with van der Waals surface area (Å²) < 4.78 is 5.24. The van der Waals surface area contributed by atoms with E-state index in [1.165, 1.54) is 0 Å². The summed E-state index contributed by atoms with van der Waals surface area (Å²) in [5, 5.41) is 0.760. The molecule has 1 amide bonds. The maximum absolute atomic E-state index is 12.6. The van der Waals surface area contributed by atoms with Crippen LogP contribution in [0.4, 0.5) is 0 Å². The highest BCUT2D eigenvalue weighted by molar-refractivity contribution is 5.96. The van der Waals surface area contributed by atoms with Crippen molar-refractivity contribution < 1.29 is 9.21 Å². The Bertz CT molecular complexity index is 743. The molecule has 1 aromatic carbocycles. The van der Waals surface area contributed by atoms with E-state index in [1.807, 2.05) is 19.1 Å². The van der Waals surface area contributed by atoms with E-state index in [0.717, 1.165) is 18.2 Å². The van der Waals surface area contributed by atoms with Crippen LogP contribution in [0.25, 0.3) is 11.0 Å². The molecule has 116 valence electrons. The smallest absolute Gasteiger partial charge is 0.349 e. The predicted molar refractivity (Wildman–Crippen MR) is 84.8 cm³/mol. The maximum Gasteiger partial charge on any atom is 0.349 e. The lowest BCUT2D eigenvalue weighted by atomic mass is 9.91. The van der Waals surface area contributed by atoms with E-state index < -0.39 is 5.63 Å². The number of para-hydroxylation sites is 1. The molecule has 5 heteroatoms. The summed E-state index contributed by atoms with van der Waals surface area (Å²) in [5.41, 5.74) is 5.96. The van der Waals surface area contributed by atoms with Gasteiger partial charge in [-0.3, -0.25) is 4.79 Å². The van der Waals surface area contributed by atoms with Gasteiger partial charge in [0, 0.05) is 24.5 Å². The van der Waals surface area contributed by atoms with E-state index in [-0.39, 0.29) is 17.5 Å². The molecule has 0 spiro atoms. The molecule has 1 aromatic heterocycles. The van der Waals surface area contributed by atoms with E-state index in [0.29, 0.717) is 24.6 Å². The van der Waals surface area contributed by atoms with Crippen LogP contribution in [0.3, 0.4) is 0 Å². The van der Waals surface area contributed by atoms with Crippen molar-refractivity contribution in [3.8, 4) is 0 Å². The molecule has 0 bridgehead atoms. The second-order valence-corrected chi connectivity index (χ2v) is 5.97. The first kappa shape index (κ1) is 14.8. The quantitative estimate of drug-likeness (QED) is 0.861. The Balaban J connectivity index is 1.84. The number of fused-ring (bicyclic) bond motifs is 1. The van der Waals surface area contributed by atoms with Gasteiger partial charge in [-0.1, -0.05) is 18.2 Å². The highest BCUT2D eigenvalue weighted by atomic mass is 16.4. The van der Waals surface area contributed by atoms with Crippen LogP contribution in [0.2, 0.25) is 0 Å². The minimum Gasteiger partial charge on any atom is -0.422 e. The van der Waals surface area contributed by atoms with Crippen LogP contribution >= 0.6 is 0 Å². The van der Waals surface area contributed by atoms with Crippen LogP contribution < -0.4 is 11.4 Å². The van der Waals surface area contributed by atoms with Gasteiger partial charge in [0.05, 0.1) is 0 Å². The molecule has 2 N–H and O–H groups in total. The van der Waals surface area contributed by atoms with Crippen molar-refractivity contribution in [2.75, 3.05) is 13.1 Å². The van der Waals surface area contributed by atoms with Crippen LogP contribution in [-0.4, -0.2) is 29.9 Å². The molecular weight excluding hydrogens is 280 g/mol. The fourth-order valence-corrected chi connectivity index (χ4v) is 3.01. The molecule has 0 aliphatic carbocycles. The second kappa shape index (κ2) is 5.93. The normalized spacial score (nSPS) is 17.6. The van der Waals surface area contributed by atoms with Crippen molar-refractivity contribution in [2.24, 2.45) is 11.7 Å². The molecule has 1 fully saturated rings. The Morgan fingerprint density at radius 3 is 2.68 bits per heavy atom. The summed E-state index contributed by atoms with van der Waals surface area (Å²) in [6.07, 6.45) is 1.75. The Morgan fingerprint density at radius 2 is 2.00 bits per heavy atom. The Hall–Kier alpha value is -2.14. The molecule has 5 nitrogen and oxygen atoms in total. The largest absolute Gasteiger partial charge is 0.422 e. The maximum atomic E-state index is 12.6. The zero-order valence-electron chi connectivity index (χ0n) is 12.6. The highest BCUT2D eigenvalue weighted by Gasteiger charge is 2.27. The molecule has 1 unspecified atom stereocenters. The molecule has 1 atom stereocenters. The number of carbonyl (C=O) groups excluding carboxylic acids is 1. The van der Waals surface area contributed by atoms with Crippen molar-refractivity contribution >= 4 is 16.9 Å². The monoisotopic (exact) mass is 300 g/mol. The van der Waals surface area contributed by atoms with Gasteiger partial charge < -0.3 is 15.1 Å². The first-order chi connectivity index (χ1) is 10.6. The van der Waals surface area contributed by atoms with Crippen molar-refractivity contribution in [3.63, 3.8) is 0 Å². The van der Waals surface area contributed by atoms with Crippen molar-refractivity contribution in [1.29, 1.82) is 0 Å². The fourth-order valence-electron chi connectivity index (χ4n) is 3.01. The number of nitrogens with zero attached hydrogens (tertiary/aromatic N) is 1. The molecule has 2 aromatic rings. The number of piperidine rings is 1. The number of nitrogens with two attached hydrogens (primary N) is 1. The third-order valence-corrected chi connectivity index (χ3v) is 4.44. The number of amides is 1. The second-order valence-electron chi connectivity index (χ2n) is 5.97. The van der Waals surface area contributed by atoms with Crippen LogP contribution in [-0.2, 0) is 0 Å². The number of likely N-dealkylation sites (tertiary alicyclic amines) is 1. The first-order valence-corrected chi connectivity index (χ1v) is 7.64. The lowest BCUT2D eigenvalue weighted by Crippen LogP contribution is -2.43. The van der Waals surface area contributed by atoms with Gasteiger partial charge in [-0.15, -0.1) is 0 Å². The zero-order chi connectivity index (χ0) is 15.7. The molecule has 0 saturated carbocycles. The van der Waals surface area contributed by atoms with Gasteiger partial charge in [0.25, 0.3) is 5.91 Å². The number of rotatable bonds is 2. The Labute approximate surface area is 128 Å². The van der Waals surface area contributed by atoms with Crippen LogP contribution in [0, 0.1) is 5.92 Å². The fraction of sp³-hybridized carbons (Fsp3) is 0.412. The van der Waals surface area contributed by atoms with E-state index in [9.17, 15) is 9.59 Å². The van der Waals surface area contributed by atoms with Crippen LogP contribution in [0.5, 0.6) is 0 Å². The van der Waals surface area contributed by atoms with Gasteiger partial charge >= 0.3 is 5.63 Å². The summed E-state index contributed by atoms with van der Waals surface area (Å²) in [6, 6.07) is 8.97. The van der Waals surface area contributed by atoms with E-state index >= 15 is 0 Å². The molecule has 22 heavy (non-hydrogen) atoms. The topological polar surface area (TPSA) is 76.5 Å². The van der Waals surface area contributed by atoms with Gasteiger partial charge in [0.1, 0.15) is 11.1 Å². The van der Waals surface area contributed by atoms with Gasteiger partial charge in [0.15, 0.2) is 0 Å². The number of carbonyl (C=O) groups is 1. The lowest BCUT2D eigenvalue weighted by Gasteiger charge is -2.33. The first-order valence-electron chi connectivity index (χ1n) is 7.64. The SMILES string of the molecule is CC(N)C1CCN(C(=O)c2cc3ccccc3oc2=O)CC1. The molecule has 3 rings (SSSR count). The lowest BCUT2D eigenvalue weighted by molar-refractivity contribution is 0.0677. The molecule has 0 radical (unpaired) electrons. The molecular formula is C17H20N2O3. The van der Waals surface area contributed by atoms with Gasteiger partial charge in [-0.2, -0.15) is 0 Å². The summed E-state index contributed by atoms with van der Waals surface area (Å²) in [7, 11) is 0. The van der Waals surface area contributed by atoms with E-state index in [4.69, 9.17) is 10.2 Å². The van der Waals surface area contributed by atoms with E-state index in [1.54, 1.807) is 23.1 Å². The third-order valence-electron chi connectivity index (χ3n) is 4.44. The van der Waals surface area contributed by atoms with Gasteiger partial charge in [-0.25, -0.2) is 4.79 Å². The zero-order valence-corrected chi connectivity index (χ0v) is 12.6. The predicted octanol–water partition coefficient (Wildman–Crippen LogP) is 1.99. The minimum absolute atomic E-state index is 0.109. The highest BCUT2D eigenvalue weighted by Crippen LogP contribution is 2.21. The molecule has 2 heterocycles. The minimum atomic E-state index is -0.571. The number of benzene rings is 1. The van der Waals surface area contributed by atoms with E-state index in [2.05, 4.69) is 0 Å². The summed E-state index contributed by atoms with van der Waals surface area (Å²) >= 11 is 0. The van der Waals surface area contributed by atoms with Crippen molar-refractivity contribution in [1.82, 2.24) is 4.90 Å². The number of hydrogen-bond acceptors (Lipinski definition) is 4. The molecule has 1 aliphatic rings. The standard InChI is InChI=1S/C17H20N2O3/c1-11(18)12-6-8-19(9-7-12)16(20)14-10-13-4-2-3-5-15(13)22-17(14)21/h2-5,10-12H,6-9,18H2,1H3. The summed E-state index contributed by atoms with van der Waals surface area (Å²) in [4.78, 5) is 26.4. The van der Waals surface area contributed by atoms with Gasteiger partial charge in [-0.05, 0) is 37.8 Å². The number of hydrogen-bond donors (Lipinski definition) is 1. The van der Waals surface area contributed by atoms with Crippen molar-refractivity contribution in [3.05, 3.63) is 46.3 Å².